The molecule has 0 radical (unpaired) electrons. The van der Waals surface area contributed by atoms with Crippen LogP contribution in [0, 0.1) is 0 Å². The molecule has 1 aromatic heterocycles. The van der Waals surface area contributed by atoms with E-state index in [4.69, 9.17) is 4.42 Å². The highest BCUT2D eigenvalue weighted by atomic mass is 32.2. The summed E-state index contributed by atoms with van der Waals surface area (Å²) >= 11 is 3.60. The molecule has 0 spiro atoms. The molecule has 1 unspecified atom stereocenters. The molecule has 1 atom stereocenters. The molecule has 1 saturated carbocycles. The van der Waals surface area contributed by atoms with Gasteiger partial charge in [-0.2, -0.15) is 11.8 Å². The van der Waals surface area contributed by atoms with Gasteiger partial charge in [-0.05, 0) is 42.7 Å². The lowest BCUT2D eigenvalue weighted by Crippen LogP contribution is -2.28. The fourth-order valence-corrected chi connectivity index (χ4v) is 6.40. The summed E-state index contributed by atoms with van der Waals surface area (Å²) in [7, 11) is 0. The van der Waals surface area contributed by atoms with Crippen molar-refractivity contribution in [2.24, 2.45) is 0 Å². The van der Waals surface area contributed by atoms with Crippen LogP contribution >= 0.6 is 23.5 Å². The summed E-state index contributed by atoms with van der Waals surface area (Å²) in [6.45, 7) is 1.16. The van der Waals surface area contributed by atoms with E-state index >= 15 is 0 Å². The minimum Gasteiger partial charge on any atom is -0.467 e. The maximum atomic E-state index is 12.5. The van der Waals surface area contributed by atoms with Crippen molar-refractivity contribution < 1.29 is 14.0 Å². The molecular formula is C23H28N2O3S2. The summed E-state index contributed by atoms with van der Waals surface area (Å²) in [5.74, 6) is 2.29. The number of furan rings is 1. The average molecular weight is 445 g/mol. The van der Waals surface area contributed by atoms with Crippen molar-refractivity contribution >= 4 is 35.3 Å². The number of amides is 2. The first-order valence-corrected chi connectivity index (χ1v) is 12.7. The molecule has 2 aromatic rings. The van der Waals surface area contributed by atoms with Gasteiger partial charge in [0.25, 0.3) is 5.91 Å². The summed E-state index contributed by atoms with van der Waals surface area (Å²) in [6, 6.07) is 11.3. The molecule has 2 aliphatic rings. The molecule has 2 amide bonds. The van der Waals surface area contributed by atoms with E-state index < -0.39 is 0 Å². The molecule has 2 heterocycles. The van der Waals surface area contributed by atoms with Crippen LogP contribution in [0.25, 0.3) is 0 Å². The van der Waals surface area contributed by atoms with E-state index in [-0.39, 0.29) is 17.2 Å². The quantitative estimate of drug-likeness (QED) is 0.590. The van der Waals surface area contributed by atoms with Crippen LogP contribution < -0.4 is 5.32 Å². The van der Waals surface area contributed by atoms with Gasteiger partial charge in [-0.1, -0.05) is 31.4 Å². The van der Waals surface area contributed by atoms with Gasteiger partial charge in [0.2, 0.25) is 5.91 Å². The molecule has 7 heteroatoms. The first-order valence-electron chi connectivity index (χ1n) is 10.6. The highest BCUT2D eigenvalue weighted by molar-refractivity contribution is 8.00. The Hall–Kier alpha value is -1.86. The van der Waals surface area contributed by atoms with Crippen LogP contribution in [0.5, 0.6) is 0 Å². The molecule has 1 saturated heterocycles. The Kier molecular flexibility index (Phi) is 7.44. The molecule has 1 aliphatic heterocycles. The number of hydrogen-bond acceptors (Lipinski definition) is 5. The number of benzene rings is 1. The van der Waals surface area contributed by atoms with Crippen molar-refractivity contribution in [3.63, 3.8) is 0 Å². The maximum absolute atomic E-state index is 12.5. The molecule has 1 aliphatic carbocycles. The molecular weight excluding hydrogens is 416 g/mol. The van der Waals surface area contributed by atoms with E-state index in [9.17, 15) is 9.59 Å². The number of nitrogens with one attached hydrogen (secondary N) is 1. The third-order valence-electron chi connectivity index (χ3n) is 5.63. The van der Waals surface area contributed by atoms with Gasteiger partial charge in [0.15, 0.2) is 0 Å². The zero-order chi connectivity index (χ0) is 20.8. The van der Waals surface area contributed by atoms with E-state index in [1.165, 1.54) is 32.1 Å². The van der Waals surface area contributed by atoms with Crippen LogP contribution in [0.1, 0.15) is 59.2 Å². The predicted octanol–water partition coefficient (Wildman–Crippen LogP) is 4.85. The lowest BCUT2D eigenvalue weighted by Gasteiger charge is -2.23. The van der Waals surface area contributed by atoms with Crippen LogP contribution in [0.3, 0.4) is 0 Å². The van der Waals surface area contributed by atoms with Gasteiger partial charge in [-0.3, -0.25) is 9.59 Å². The maximum Gasteiger partial charge on any atom is 0.251 e. The second-order valence-electron chi connectivity index (χ2n) is 7.77. The molecule has 160 valence electrons. The third kappa shape index (κ3) is 5.43. The van der Waals surface area contributed by atoms with E-state index in [0.717, 1.165) is 22.3 Å². The van der Waals surface area contributed by atoms with Gasteiger partial charge in [-0.25, -0.2) is 0 Å². The lowest BCUT2D eigenvalue weighted by molar-refractivity contribution is -0.128. The van der Waals surface area contributed by atoms with Crippen LogP contribution in [0.2, 0.25) is 0 Å². The van der Waals surface area contributed by atoms with Gasteiger partial charge in [-0.15, -0.1) is 11.8 Å². The Balaban J connectivity index is 1.28. The zero-order valence-electron chi connectivity index (χ0n) is 17.0. The number of nitrogens with zero attached hydrogens (tertiary/aromatic N) is 1. The molecule has 0 bridgehead atoms. The summed E-state index contributed by atoms with van der Waals surface area (Å²) in [5, 5.41) is 3.75. The first-order chi connectivity index (χ1) is 14.7. The minimum absolute atomic E-state index is 0.0339. The van der Waals surface area contributed by atoms with Gasteiger partial charge >= 0.3 is 0 Å². The summed E-state index contributed by atoms with van der Waals surface area (Å²) in [4.78, 5) is 26.6. The van der Waals surface area contributed by atoms with Crippen molar-refractivity contribution in [3.05, 3.63) is 59.5 Å². The number of thioether (sulfide) groups is 2. The van der Waals surface area contributed by atoms with Gasteiger partial charge in [0.05, 0.1) is 18.6 Å². The second-order valence-corrected chi connectivity index (χ2v) is 10.2. The van der Waals surface area contributed by atoms with Crippen LogP contribution in [-0.4, -0.2) is 40.0 Å². The fourth-order valence-electron chi connectivity index (χ4n) is 3.99. The molecule has 2 fully saturated rings. The molecule has 1 aromatic carbocycles. The molecule has 1 N–H and O–H groups in total. The number of carbonyl (C=O) groups excluding carboxylic acids is 2. The van der Waals surface area contributed by atoms with Crippen molar-refractivity contribution in [2.75, 3.05) is 18.1 Å². The number of rotatable bonds is 8. The van der Waals surface area contributed by atoms with Gasteiger partial charge < -0.3 is 14.6 Å². The SMILES string of the molecule is O=C(NCCSC1CCCCC1)c1ccc(C2SCC(=O)N2Cc2ccco2)cc1. The van der Waals surface area contributed by atoms with Crippen molar-refractivity contribution in [2.45, 2.75) is 49.3 Å². The normalized spacial score (nSPS) is 19.9. The smallest absolute Gasteiger partial charge is 0.251 e. The number of hydrogen-bond donors (Lipinski definition) is 1. The van der Waals surface area contributed by atoms with Gasteiger partial charge in [0, 0.05) is 23.1 Å². The largest absolute Gasteiger partial charge is 0.467 e. The van der Waals surface area contributed by atoms with Crippen LogP contribution in [0.4, 0.5) is 0 Å². The Labute approximate surface area is 186 Å². The minimum atomic E-state index is -0.0494. The molecule has 30 heavy (non-hydrogen) atoms. The van der Waals surface area contributed by atoms with E-state index in [2.05, 4.69) is 5.32 Å². The van der Waals surface area contributed by atoms with Crippen molar-refractivity contribution in [1.82, 2.24) is 10.2 Å². The Bertz CT molecular complexity index is 833. The fraction of sp³-hybridized carbons (Fsp3) is 0.478. The van der Waals surface area contributed by atoms with Crippen molar-refractivity contribution in [1.29, 1.82) is 0 Å². The highest BCUT2D eigenvalue weighted by Crippen LogP contribution is 2.39. The van der Waals surface area contributed by atoms with Gasteiger partial charge in [0.1, 0.15) is 11.1 Å². The van der Waals surface area contributed by atoms with Crippen LogP contribution in [0.15, 0.2) is 47.1 Å². The number of carbonyl (C=O) groups is 2. The molecule has 4 rings (SSSR count). The highest BCUT2D eigenvalue weighted by Gasteiger charge is 2.33. The van der Waals surface area contributed by atoms with E-state index in [1.807, 2.05) is 53.1 Å². The van der Waals surface area contributed by atoms with Crippen molar-refractivity contribution in [3.8, 4) is 0 Å². The van der Waals surface area contributed by atoms with E-state index in [0.29, 0.717) is 24.4 Å². The summed E-state index contributed by atoms with van der Waals surface area (Å²) in [5.41, 5.74) is 1.69. The predicted molar refractivity (Wildman–Crippen MR) is 123 cm³/mol. The monoisotopic (exact) mass is 444 g/mol. The Morgan fingerprint density at radius 3 is 2.70 bits per heavy atom. The van der Waals surface area contributed by atoms with Crippen LogP contribution in [-0.2, 0) is 11.3 Å². The first kappa shape index (κ1) is 21.4. The second kappa shape index (κ2) is 10.4. The lowest BCUT2D eigenvalue weighted by atomic mass is 10.0. The average Bonchev–Trinajstić information content (AvgIpc) is 3.42. The van der Waals surface area contributed by atoms with E-state index in [1.54, 1.807) is 18.0 Å². The summed E-state index contributed by atoms with van der Waals surface area (Å²) < 4.78 is 5.41. The Morgan fingerprint density at radius 2 is 1.97 bits per heavy atom. The standard InChI is InChI=1S/C23H28N2O3S2/c26-21-16-30-23(25(21)15-19-5-4-13-28-19)18-10-8-17(9-11-18)22(27)24-12-14-29-20-6-2-1-3-7-20/h4-5,8-11,13,20,23H,1-3,6-7,12,14-16H2,(H,24,27). The summed E-state index contributed by atoms with van der Waals surface area (Å²) in [6.07, 6.45) is 8.33. The molecule has 5 nitrogen and oxygen atoms in total. The Morgan fingerprint density at radius 1 is 1.17 bits per heavy atom. The topological polar surface area (TPSA) is 62.6 Å². The third-order valence-corrected chi connectivity index (χ3v) is 8.26. The zero-order valence-corrected chi connectivity index (χ0v) is 18.7.